The smallest absolute Gasteiger partial charge is 0.326 e. The molecule has 2 heterocycles. The summed E-state index contributed by atoms with van der Waals surface area (Å²) in [6.07, 6.45) is 0.710. The lowest BCUT2D eigenvalue weighted by Crippen LogP contribution is -2.45. The molecule has 1 unspecified atom stereocenters. The lowest BCUT2D eigenvalue weighted by molar-refractivity contribution is -0.143. The van der Waals surface area contributed by atoms with Crippen LogP contribution in [0.15, 0.2) is 29.6 Å². The van der Waals surface area contributed by atoms with Gasteiger partial charge in [0.2, 0.25) is 0 Å². The molecule has 0 saturated carbocycles. The van der Waals surface area contributed by atoms with Crippen LogP contribution in [0.1, 0.15) is 23.9 Å². The van der Waals surface area contributed by atoms with Crippen molar-refractivity contribution in [3.63, 3.8) is 0 Å². The molecule has 1 aromatic heterocycles. The molecule has 0 amide bonds. The number of nitrogens with one attached hydrogen (secondary N) is 1. The predicted molar refractivity (Wildman–Crippen MR) is 83.1 cm³/mol. The number of cyclic esters (lactones) is 1. The largest absolute Gasteiger partial charge is 0.464 e. The first-order valence-corrected chi connectivity index (χ1v) is 7.88. The van der Waals surface area contributed by atoms with Crippen LogP contribution in [0.2, 0.25) is 0 Å². The molecule has 1 saturated heterocycles. The molecule has 1 aromatic carbocycles. The number of aryl methyl sites for hydroxylation is 1. The number of carbonyl (C=O) groups is 1. The first-order chi connectivity index (χ1) is 10.1. The van der Waals surface area contributed by atoms with Gasteiger partial charge in [0.25, 0.3) is 0 Å². The van der Waals surface area contributed by atoms with Gasteiger partial charge in [0.15, 0.2) is 0 Å². The number of hydrogen-bond donors (Lipinski definition) is 1. The van der Waals surface area contributed by atoms with E-state index in [1.165, 1.54) is 5.56 Å². The van der Waals surface area contributed by atoms with Gasteiger partial charge in [-0.25, -0.2) is 4.98 Å². The first-order valence-electron chi connectivity index (χ1n) is 7.00. The third-order valence-electron chi connectivity index (χ3n) is 3.81. The van der Waals surface area contributed by atoms with Crippen molar-refractivity contribution in [2.45, 2.75) is 32.4 Å². The van der Waals surface area contributed by atoms with E-state index in [0.717, 1.165) is 16.3 Å². The average Bonchev–Trinajstić information content (AvgIpc) is 3.06. The van der Waals surface area contributed by atoms with Crippen LogP contribution in [-0.2, 0) is 16.1 Å². The molecule has 5 heteroatoms. The van der Waals surface area contributed by atoms with Gasteiger partial charge in [0.05, 0.1) is 12.3 Å². The lowest BCUT2D eigenvalue weighted by Gasteiger charge is -2.19. The van der Waals surface area contributed by atoms with E-state index < -0.39 is 5.54 Å². The van der Waals surface area contributed by atoms with Crippen molar-refractivity contribution < 1.29 is 9.53 Å². The van der Waals surface area contributed by atoms with Crippen LogP contribution < -0.4 is 5.32 Å². The normalized spacial score (nSPS) is 21.5. The van der Waals surface area contributed by atoms with E-state index in [0.29, 0.717) is 19.6 Å². The molecule has 21 heavy (non-hydrogen) atoms. The zero-order chi connectivity index (χ0) is 14.9. The highest BCUT2D eigenvalue weighted by Gasteiger charge is 2.39. The maximum atomic E-state index is 11.7. The van der Waals surface area contributed by atoms with Gasteiger partial charge in [-0.2, -0.15) is 0 Å². The van der Waals surface area contributed by atoms with E-state index in [-0.39, 0.29) is 5.97 Å². The minimum absolute atomic E-state index is 0.169. The van der Waals surface area contributed by atoms with E-state index in [9.17, 15) is 4.79 Å². The average molecular weight is 302 g/mol. The van der Waals surface area contributed by atoms with Crippen molar-refractivity contribution in [2.75, 3.05) is 6.61 Å². The number of aromatic nitrogens is 1. The van der Waals surface area contributed by atoms with Crippen LogP contribution in [0.5, 0.6) is 0 Å². The summed E-state index contributed by atoms with van der Waals surface area (Å²) in [5, 5.41) is 6.30. The number of ether oxygens (including phenoxy) is 1. The molecule has 3 rings (SSSR count). The van der Waals surface area contributed by atoms with Crippen LogP contribution in [0.25, 0.3) is 11.3 Å². The topological polar surface area (TPSA) is 51.2 Å². The summed E-state index contributed by atoms with van der Waals surface area (Å²) in [4.78, 5) is 16.3. The van der Waals surface area contributed by atoms with Crippen LogP contribution in [0.4, 0.5) is 0 Å². The standard InChI is InChI=1S/C16H18N2O2S/c1-11-3-5-12(6-4-11)13-10-21-14(18-13)9-17-16(2)7-8-20-15(16)19/h3-6,10,17H,7-9H2,1-2H3. The molecule has 2 aromatic rings. The number of benzene rings is 1. The zero-order valence-corrected chi connectivity index (χ0v) is 13.0. The van der Waals surface area contributed by atoms with Gasteiger partial charge < -0.3 is 4.74 Å². The molecule has 4 nitrogen and oxygen atoms in total. The second-order valence-electron chi connectivity index (χ2n) is 5.56. The molecule has 110 valence electrons. The van der Waals surface area contributed by atoms with E-state index >= 15 is 0 Å². The van der Waals surface area contributed by atoms with Gasteiger partial charge in [0.1, 0.15) is 10.5 Å². The fourth-order valence-corrected chi connectivity index (χ4v) is 3.03. The Bertz CT molecular complexity index is 651. The van der Waals surface area contributed by atoms with Crippen LogP contribution in [0.3, 0.4) is 0 Å². The van der Waals surface area contributed by atoms with E-state index in [4.69, 9.17) is 4.74 Å². The number of rotatable bonds is 4. The van der Waals surface area contributed by atoms with Crippen LogP contribution in [-0.4, -0.2) is 23.1 Å². The summed E-state index contributed by atoms with van der Waals surface area (Å²) in [6, 6.07) is 8.33. The van der Waals surface area contributed by atoms with Gasteiger partial charge in [-0.1, -0.05) is 29.8 Å². The Balaban J connectivity index is 1.68. The molecule has 0 aliphatic carbocycles. The maximum Gasteiger partial charge on any atom is 0.326 e. The van der Waals surface area contributed by atoms with Gasteiger partial charge in [-0.3, -0.25) is 10.1 Å². The van der Waals surface area contributed by atoms with E-state index in [1.54, 1.807) is 11.3 Å². The third kappa shape index (κ3) is 2.99. The summed E-state index contributed by atoms with van der Waals surface area (Å²) in [5.74, 6) is -0.169. The summed E-state index contributed by atoms with van der Waals surface area (Å²) in [5.41, 5.74) is 2.77. The highest BCUT2D eigenvalue weighted by atomic mass is 32.1. The fourth-order valence-electron chi connectivity index (χ4n) is 2.29. The quantitative estimate of drug-likeness (QED) is 0.882. The fraction of sp³-hybridized carbons (Fsp3) is 0.375. The summed E-state index contributed by atoms with van der Waals surface area (Å²) < 4.78 is 5.02. The Morgan fingerprint density at radius 3 is 2.81 bits per heavy atom. The Labute approximate surface area is 128 Å². The van der Waals surface area contributed by atoms with Gasteiger partial charge in [-0.05, 0) is 13.8 Å². The van der Waals surface area contributed by atoms with Gasteiger partial charge >= 0.3 is 5.97 Å². The van der Waals surface area contributed by atoms with Crippen LogP contribution >= 0.6 is 11.3 Å². The molecule has 1 aliphatic heterocycles. The monoisotopic (exact) mass is 302 g/mol. The van der Waals surface area contributed by atoms with Gasteiger partial charge in [-0.15, -0.1) is 11.3 Å². The number of thiazole rings is 1. The molecule has 0 spiro atoms. The van der Waals surface area contributed by atoms with Crippen molar-refractivity contribution in [3.8, 4) is 11.3 Å². The molecule has 0 bridgehead atoms. The Hall–Kier alpha value is -1.72. The summed E-state index contributed by atoms with van der Waals surface area (Å²) in [7, 11) is 0. The number of hydrogen-bond acceptors (Lipinski definition) is 5. The minimum Gasteiger partial charge on any atom is -0.464 e. The predicted octanol–water partition coefficient (Wildman–Crippen LogP) is 2.91. The zero-order valence-electron chi connectivity index (χ0n) is 12.2. The first kappa shape index (κ1) is 14.2. The molecule has 0 radical (unpaired) electrons. The highest BCUT2D eigenvalue weighted by molar-refractivity contribution is 7.09. The molecule has 1 aliphatic rings. The van der Waals surface area contributed by atoms with E-state index in [1.807, 2.05) is 6.92 Å². The summed E-state index contributed by atoms with van der Waals surface area (Å²) in [6.45, 7) is 5.04. The number of esters is 1. The molecule has 1 fully saturated rings. The lowest BCUT2D eigenvalue weighted by atomic mass is 10.0. The third-order valence-corrected chi connectivity index (χ3v) is 4.66. The SMILES string of the molecule is Cc1ccc(-c2csc(CNC3(C)CCOC3=O)n2)cc1. The van der Waals surface area contributed by atoms with Crippen molar-refractivity contribution in [1.29, 1.82) is 0 Å². The minimum atomic E-state index is -0.574. The van der Waals surface area contributed by atoms with E-state index in [2.05, 4.69) is 46.9 Å². The summed E-state index contributed by atoms with van der Waals surface area (Å²) >= 11 is 1.61. The van der Waals surface area contributed by atoms with Crippen molar-refractivity contribution in [2.24, 2.45) is 0 Å². The Morgan fingerprint density at radius 1 is 1.38 bits per heavy atom. The van der Waals surface area contributed by atoms with Gasteiger partial charge in [0, 0.05) is 23.9 Å². The molecule has 1 N–H and O–H groups in total. The van der Waals surface area contributed by atoms with Crippen molar-refractivity contribution >= 4 is 17.3 Å². The van der Waals surface area contributed by atoms with Crippen molar-refractivity contribution in [1.82, 2.24) is 10.3 Å². The molecule has 1 atom stereocenters. The van der Waals surface area contributed by atoms with Crippen molar-refractivity contribution in [3.05, 3.63) is 40.2 Å². The number of nitrogens with zero attached hydrogens (tertiary/aromatic N) is 1. The Kier molecular flexibility index (Phi) is 3.78. The van der Waals surface area contributed by atoms with Crippen LogP contribution in [0, 0.1) is 6.92 Å². The molecular weight excluding hydrogens is 284 g/mol. The number of carbonyl (C=O) groups excluding carboxylic acids is 1. The Morgan fingerprint density at radius 2 is 2.14 bits per heavy atom. The second kappa shape index (κ2) is 5.58. The maximum absolute atomic E-state index is 11.7. The molecular formula is C16H18N2O2S. The highest BCUT2D eigenvalue weighted by Crippen LogP contribution is 2.24. The second-order valence-corrected chi connectivity index (χ2v) is 6.51.